The van der Waals surface area contributed by atoms with Gasteiger partial charge in [-0.2, -0.15) is 5.10 Å². The lowest BCUT2D eigenvalue weighted by molar-refractivity contribution is 0.0975. The van der Waals surface area contributed by atoms with Crippen LogP contribution in [0.1, 0.15) is 29.9 Å². The summed E-state index contributed by atoms with van der Waals surface area (Å²) in [5.41, 5.74) is 0.465. The van der Waals surface area contributed by atoms with E-state index in [0.29, 0.717) is 16.4 Å². The van der Waals surface area contributed by atoms with Crippen LogP contribution < -0.4 is 9.62 Å². The molecule has 0 radical (unpaired) electrons. The Kier molecular flexibility index (Phi) is 6.35. The van der Waals surface area contributed by atoms with Gasteiger partial charge in [0.05, 0.1) is 21.8 Å². The van der Waals surface area contributed by atoms with Crippen LogP contribution in [-0.4, -0.2) is 35.5 Å². The molecule has 2 aromatic heterocycles. The number of nitrogens with one attached hydrogen (secondary N) is 2. The van der Waals surface area contributed by atoms with Crippen molar-refractivity contribution in [3.63, 3.8) is 0 Å². The lowest BCUT2D eigenvalue weighted by Crippen LogP contribution is -2.38. The summed E-state index contributed by atoms with van der Waals surface area (Å²) >= 11 is 12.0. The van der Waals surface area contributed by atoms with Crippen LogP contribution >= 0.6 is 23.2 Å². The Balaban J connectivity index is 2.03. The van der Waals surface area contributed by atoms with E-state index in [1.165, 1.54) is 41.6 Å². The third-order valence-electron chi connectivity index (χ3n) is 4.22. The number of aromatic amines is 1. The molecule has 0 spiro atoms. The topological polar surface area (TPSA) is 108 Å². The molecule has 0 atom stereocenters. The first-order valence-corrected chi connectivity index (χ1v) is 11.1. The number of aromatic nitrogens is 3. The zero-order valence-electron chi connectivity index (χ0n) is 16.3. The Bertz CT molecular complexity index is 1180. The molecule has 0 aliphatic carbocycles. The number of sulfonamides is 1. The summed E-state index contributed by atoms with van der Waals surface area (Å²) in [4.78, 5) is 18.8. The molecule has 30 heavy (non-hydrogen) atoms. The summed E-state index contributed by atoms with van der Waals surface area (Å²) < 4.78 is 28.3. The molecule has 0 aliphatic rings. The number of rotatable bonds is 6. The summed E-state index contributed by atoms with van der Waals surface area (Å²) in [6, 6.07) is 7.03. The molecule has 1 amide bonds. The monoisotopic (exact) mass is 467 g/mol. The summed E-state index contributed by atoms with van der Waals surface area (Å²) in [6.45, 7) is 5.33. The molecule has 158 valence electrons. The average Bonchev–Trinajstić information content (AvgIpc) is 3.17. The van der Waals surface area contributed by atoms with Gasteiger partial charge in [0.1, 0.15) is 5.82 Å². The molecule has 0 unspecified atom stereocenters. The minimum absolute atomic E-state index is 0.00272. The second-order valence-corrected chi connectivity index (χ2v) is 9.30. The van der Waals surface area contributed by atoms with E-state index in [1.807, 2.05) is 13.8 Å². The highest BCUT2D eigenvalue weighted by Gasteiger charge is 2.27. The Morgan fingerprint density at radius 1 is 1.20 bits per heavy atom. The first kappa shape index (κ1) is 22.1. The van der Waals surface area contributed by atoms with E-state index >= 15 is 0 Å². The molecule has 0 saturated heterocycles. The predicted molar refractivity (Wildman–Crippen MR) is 117 cm³/mol. The van der Waals surface area contributed by atoms with Crippen LogP contribution in [-0.2, 0) is 10.0 Å². The maximum absolute atomic E-state index is 13.3. The van der Waals surface area contributed by atoms with Crippen molar-refractivity contribution in [1.82, 2.24) is 15.2 Å². The largest absolute Gasteiger partial charge is 0.289 e. The number of aryl methyl sites for hydroxylation is 1. The number of hydrogen-bond acceptors (Lipinski definition) is 5. The van der Waals surface area contributed by atoms with E-state index in [-0.39, 0.29) is 27.3 Å². The van der Waals surface area contributed by atoms with Crippen molar-refractivity contribution in [2.45, 2.75) is 31.7 Å². The number of carbonyl (C=O) groups excluding carboxylic acids is 1. The number of pyridine rings is 1. The fourth-order valence-corrected chi connectivity index (χ4v) is 4.21. The molecule has 8 nitrogen and oxygen atoms in total. The van der Waals surface area contributed by atoms with Crippen molar-refractivity contribution >= 4 is 50.6 Å². The van der Waals surface area contributed by atoms with E-state index in [9.17, 15) is 13.2 Å². The lowest BCUT2D eigenvalue weighted by Gasteiger charge is -2.25. The van der Waals surface area contributed by atoms with E-state index in [0.717, 1.165) is 0 Å². The van der Waals surface area contributed by atoms with Gasteiger partial charge in [0.2, 0.25) is 0 Å². The molecule has 3 aromatic rings. The van der Waals surface area contributed by atoms with Gasteiger partial charge in [-0.3, -0.25) is 19.5 Å². The number of carbonyl (C=O) groups is 1. The molecule has 0 saturated carbocycles. The molecular weight excluding hydrogens is 449 g/mol. The van der Waals surface area contributed by atoms with E-state index in [2.05, 4.69) is 19.9 Å². The van der Waals surface area contributed by atoms with Crippen LogP contribution in [0.25, 0.3) is 0 Å². The minimum atomic E-state index is -4.02. The highest BCUT2D eigenvalue weighted by atomic mass is 35.5. The average molecular weight is 468 g/mol. The third kappa shape index (κ3) is 4.58. The quantitative estimate of drug-likeness (QED) is 0.562. The standard InChI is InChI=1S/C19H19Cl2N5O3S/c1-11(2)26(17-6-7-23-24-17)19(27)18-16(9-13(20)10-22-18)25-30(28,29)14-4-5-15(21)12(3)8-14/h4-11,25H,1-3H3,(H,23,24). The van der Waals surface area contributed by atoms with Crippen LogP contribution in [0.4, 0.5) is 11.5 Å². The molecule has 0 aliphatic heterocycles. The van der Waals surface area contributed by atoms with E-state index in [4.69, 9.17) is 23.2 Å². The second kappa shape index (κ2) is 8.63. The van der Waals surface area contributed by atoms with Gasteiger partial charge in [-0.15, -0.1) is 0 Å². The van der Waals surface area contributed by atoms with Crippen molar-refractivity contribution in [2.24, 2.45) is 0 Å². The number of H-pyrrole nitrogens is 1. The molecule has 11 heteroatoms. The van der Waals surface area contributed by atoms with Crippen LogP contribution in [0.2, 0.25) is 10.0 Å². The number of halogens is 2. The van der Waals surface area contributed by atoms with Crippen molar-refractivity contribution < 1.29 is 13.2 Å². The van der Waals surface area contributed by atoms with Crippen LogP contribution in [0, 0.1) is 6.92 Å². The van der Waals surface area contributed by atoms with Gasteiger partial charge in [-0.25, -0.2) is 13.4 Å². The van der Waals surface area contributed by atoms with Crippen molar-refractivity contribution in [3.05, 3.63) is 64.0 Å². The third-order valence-corrected chi connectivity index (χ3v) is 6.22. The molecule has 3 rings (SSSR count). The van der Waals surface area contributed by atoms with Crippen LogP contribution in [0.5, 0.6) is 0 Å². The van der Waals surface area contributed by atoms with Crippen LogP contribution in [0.3, 0.4) is 0 Å². The zero-order valence-corrected chi connectivity index (χ0v) is 18.7. The lowest BCUT2D eigenvalue weighted by atomic mass is 10.2. The minimum Gasteiger partial charge on any atom is -0.289 e. The second-order valence-electron chi connectivity index (χ2n) is 6.78. The van der Waals surface area contributed by atoms with E-state index < -0.39 is 15.9 Å². The molecule has 1 aromatic carbocycles. The van der Waals surface area contributed by atoms with Crippen molar-refractivity contribution in [3.8, 4) is 0 Å². The Labute approximate surface area is 184 Å². The molecular formula is C19H19Cl2N5O3S. The highest BCUT2D eigenvalue weighted by molar-refractivity contribution is 7.92. The highest BCUT2D eigenvalue weighted by Crippen LogP contribution is 2.27. The Morgan fingerprint density at radius 2 is 1.93 bits per heavy atom. The predicted octanol–water partition coefficient (Wildman–Crippen LogP) is 4.28. The summed E-state index contributed by atoms with van der Waals surface area (Å²) in [6.07, 6.45) is 2.80. The molecule has 2 N–H and O–H groups in total. The fourth-order valence-electron chi connectivity index (χ4n) is 2.79. The number of hydrogen-bond donors (Lipinski definition) is 2. The number of nitrogens with zero attached hydrogens (tertiary/aromatic N) is 3. The van der Waals surface area contributed by atoms with Gasteiger partial charge in [-0.05, 0) is 50.6 Å². The number of benzene rings is 1. The van der Waals surface area contributed by atoms with Gasteiger partial charge in [0.25, 0.3) is 15.9 Å². The molecule has 0 bridgehead atoms. The fraction of sp³-hybridized carbons (Fsp3) is 0.211. The smallest absolute Gasteiger partial charge is 0.280 e. The first-order chi connectivity index (χ1) is 14.1. The molecule has 0 fully saturated rings. The first-order valence-electron chi connectivity index (χ1n) is 8.87. The normalized spacial score (nSPS) is 11.5. The van der Waals surface area contributed by atoms with Crippen molar-refractivity contribution in [1.29, 1.82) is 0 Å². The van der Waals surface area contributed by atoms with Gasteiger partial charge < -0.3 is 0 Å². The summed E-state index contributed by atoms with van der Waals surface area (Å²) in [5.74, 6) is -0.0650. The zero-order chi connectivity index (χ0) is 22.1. The maximum Gasteiger partial charge on any atom is 0.280 e. The number of amides is 1. The Hall–Kier alpha value is -2.62. The summed E-state index contributed by atoms with van der Waals surface area (Å²) in [5, 5.41) is 7.23. The van der Waals surface area contributed by atoms with Gasteiger partial charge >= 0.3 is 0 Å². The Morgan fingerprint density at radius 3 is 2.53 bits per heavy atom. The summed E-state index contributed by atoms with van der Waals surface area (Å²) in [7, 11) is -4.02. The van der Waals surface area contributed by atoms with Crippen molar-refractivity contribution in [2.75, 3.05) is 9.62 Å². The van der Waals surface area contributed by atoms with E-state index in [1.54, 1.807) is 13.0 Å². The van der Waals surface area contributed by atoms with Gasteiger partial charge in [0, 0.05) is 23.3 Å². The SMILES string of the molecule is Cc1cc(S(=O)(=O)Nc2cc(Cl)cnc2C(=O)N(c2ccn[nH]2)C(C)C)ccc1Cl. The van der Waals surface area contributed by atoms with Gasteiger partial charge in [-0.1, -0.05) is 23.2 Å². The van der Waals surface area contributed by atoms with Gasteiger partial charge in [0.15, 0.2) is 5.69 Å². The number of anilines is 2. The maximum atomic E-state index is 13.3. The van der Waals surface area contributed by atoms with Crippen LogP contribution in [0.15, 0.2) is 47.6 Å². The molecule has 2 heterocycles.